The third-order valence-electron chi connectivity index (χ3n) is 2.51. The molecule has 0 aliphatic carbocycles. The van der Waals surface area contributed by atoms with Crippen molar-refractivity contribution in [2.45, 2.75) is 33.3 Å². The van der Waals surface area contributed by atoms with Crippen molar-refractivity contribution in [3.63, 3.8) is 0 Å². The van der Waals surface area contributed by atoms with Crippen LogP contribution in [0.3, 0.4) is 0 Å². The number of ether oxygens (including phenoxy) is 1. The van der Waals surface area contributed by atoms with E-state index in [9.17, 15) is 0 Å². The highest BCUT2D eigenvalue weighted by molar-refractivity contribution is 5.55. The van der Waals surface area contributed by atoms with Gasteiger partial charge in [-0.15, -0.1) is 0 Å². The monoisotopic (exact) mass is 236 g/mol. The fraction of sp³-hybridized carbons (Fsp3) is 0.571. The summed E-state index contributed by atoms with van der Waals surface area (Å²) in [6.45, 7) is 10.9. The lowest BCUT2D eigenvalue weighted by Gasteiger charge is -2.26. The van der Waals surface area contributed by atoms with Gasteiger partial charge in [0, 0.05) is 24.5 Å². The molecule has 0 radical (unpaired) electrons. The molecular formula is C14H24N2O. The van der Waals surface area contributed by atoms with Gasteiger partial charge in [0.1, 0.15) is 0 Å². The van der Waals surface area contributed by atoms with Gasteiger partial charge in [-0.2, -0.15) is 0 Å². The highest BCUT2D eigenvalue weighted by Crippen LogP contribution is 2.17. The van der Waals surface area contributed by atoms with Gasteiger partial charge in [0.2, 0.25) is 0 Å². The predicted octanol–water partition coefficient (Wildman–Crippen LogP) is 2.91. The largest absolute Gasteiger partial charge is 0.399 e. The van der Waals surface area contributed by atoms with E-state index in [4.69, 9.17) is 10.5 Å². The standard InChI is InChI=1S/C14H24N2O/c1-5-16(9-10-17-14(2,3)4)13-8-6-7-12(15)11-13/h6-8,11H,5,9-10,15H2,1-4H3. The summed E-state index contributed by atoms with van der Waals surface area (Å²) < 4.78 is 5.74. The maximum atomic E-state index is 5.79. The van der Waals surface area contributed by atoms with Crippen molar-refractivity contribution >= 4 is 11.4 Å². The first-order valence-corrected chi connectivity index (χ1v) is 6.17. The van der Waals surface area contributed by atoms with Crippen molar-refractivity contribution in [2.75, 3.05) is 30.3 Å². The Morgan fingerprint density at radius 2 is 2.00 bits per heavy atom. The molecule has 3 nitrogen and oxygen atoms in total. The summed E-state index contributed by atoms with van der Waals surface area (Å²) >= 11 is 0. The zero-order chi connectivity index (χ0) is 12.9. The zero-order valence-electron chi connectivity index (χ0n) is 11.4. The first-order valence-electron chi connectivity index (χ1n) is 6.17. The summed E-state index contributed by atoms with van der Waals surface area (Å²) in [5.74, 6) is 0. The number of hydrogen-bond acceptors (Lipinski definition) is 3. The van der Waals surface area contributed by atoms with Gasteiger partial charge >= 0.3 is 0 Å². The molecule has 1 aromatic carbocycles. The molecule has 1 rings (SSSR count). The van der Waals surface area contributed by atoms with Crippen LogP contribution < -0.4 is 10.6 Å². The molecule has 17 heavy (non-hydrogen) atoms. The minimum atomic E-state index is -0.0743. The summed E-state index contributed by atoms with van der Waals surface area (Å²) in [6.07, 6.45) is 0. The van der Waals surface area contributed by atoms with Gasteiger partial charge in [0.25, 0.3) is 0 Å². The Kier molecular flexibility index (Phi) is 4.82. The predicted molar refractivity (Wildman–Crippen MR) is 74.4 cm³/mol. The number of nitrogen functional groups attached to an aromatic ring is 1. The Morgan fingerprint density at radius 3 is 2.53 bits per heavy atom. The molecule has 0 aliphatic heterocycles. The van der Waals surface area contributed by atoms with Crippen LogP contribution in [0.5, 0.6) is 0 Å². The van der Waals surface area contributed by atoms with E-state index in [0.717, 1.165) is 31.1 Å². The van der Waals surface area contributed by atoms with Gasteiger partial charge in [-0.25, -0.2) is 0 Å². The van der Waals surface area contributed by atoms with Gasteiger partial charge in [-0.1, -0.05) is 6.07 Å². The van der Waals surface area contributed by atoms with E-state index >= 15 is 0 Å². The quantitative estimate of drug-likeness (QED) is 0.799. The minimum Gasteiger partial charge on any atom is -0.399 e. The highest BCUT2D eigenvalue weighted by atomic mass is 16.5. The van der Waals surface area contributed by atoms with Crippen LogP contribution in [0, 0.1) is 0 Å². The molecule has 0 fully saturated rings. The molecule has 0 bridgehead atoms. The fourth-order valence-corrected chi connectivity index (χ4v) is 1.65. The van der Waals surface area contributed by atoms with E-state index in [-0.39, 0.29) is 5.60 Å². The van der Waals surface area contributed by atoms with Crippen molar-refractivity contribution in [1.29, 1.82) is 0 Å². The van der Waals surface area contributed by atoms with Crippen LogP contribution in [-0.2, 0) is 4.74 Å². The molecule has 96 valence electrons. The molecule has 0 saturated heterocycles. The second-order valence-electron chi connectivity index (χ2n) is 5.14. The van der Waals surface area contributed by atoms with Crippen molar-refractivity contribution in [2.24, 2.45) is 0 Å². The lowest BCUT2D eigenvalue weighted by Crippen LogP contribution is -2.30. The van der Waals surface area contributed by atoms with E-state index in [1.54, 1.807) is 0 Å². The van der Waals surface area contributed by atoms with Crippen LogP contribution in [0.1, 0.15) is 27.7 Å². The molecule has 0 aromatic heterocycles. The summed E-state index contributed by atoms with van der Waals surface area (Å²) in [5, 5.41) is 0. The normalized spacial score (nSPS) is 11.5. The summed E-state index contributed by atoms with van der Waals surface area (Å²) in [6, 6.07) is 7.97. The minimum absolute atomic E-state index is 0.0743. The van der Waals surface area contributed by atoms with Gasteiger partial charge in [-0.3, -0.25) is 0 Å². The Balaban J connectivity index is 2.54. The van der Waals surface area contributed by atoms with Gasteiger partial charge < -0.3 is 15.4 Å². The summed E-state index contributed by atoms with van der Waals surface area (Å²) in [5.41, 5.74) is 7.68. The molecule has 0 unspecified atom stereocenters. The number of nitrogens with zero attached hydrogens (tertiary/aromatic N) is 1. The van der Waals surface area contributed by atoms with Gasteiger partial charge in [0.05, 0.1) is 12.2 Å². The van der Waals surface area contributed by atoms with Crippen LogP contribution in [0.15, 0.2) is 24.3 Å². The second kappa shape index (κ2) is 5.92. The Morgan fingerprint density at radius 1 is 1.29 bits per heavy atom. The summed E-state index contributed by atoms with van der Waals surface area (Å²) in [4.78, 5) is 2.27. The number of rotatable bonds is 5. The Labute approximate surface area is 105 Å². The van der Waals surface area contributed by atoms with E-state index < -0.39 is 0 Å². The first kappa shape index (κ1) is 13.8. The maximum absolute atomic E-state index is 5.79. The maximum Gasteiger partial charge on any atom is 0.0648 e. The molecule has 0 heterocycles. The van der Waals surface area contributed by atoms with Gasteiger partial charge in [-0.05, 0) is 45.9 Å². The topological polar surface area (TPSA) is 38.5 Å². The van der Waals surface area contributed by atoms with Crippen LogP contribution in [-0.4, -0.2) is 25.3 Å². The van der Waals surface area contributed by atoms with Crippen LogP contribution in [0.4, 0.5) is 11.4 Å². The molecule has 0 spiro atoms. The van der Waals surface area contributed by atoms with E-state index in [1.165, 1.54) is 0 Å². The zero-order valence-corrected chi connectivity index (χ0v) is 11.4. The SMILES string of the molecule is CCN(CCOC(C)(C)C)c1cccc(N)c1. The van der Waals surface area contributed by atoms with Gasteiger partial charge in [0.15, 0.2) is 0 Å². The molecule has 3 heteroatoms. The number of likely N-dealkylation sites (N-methyl/N-ethyl adjacent to an activating group) is 1. The van der Waals surface area contributed by atoms with Crippen LogP contribution >= 0.6 is 0 Å². The molecule has 2 N–H and O–H groups in total. The molecule has 0 amide bonds. The third-order valence-corrected chi connectivity index (χ3v) is 2.51. The fourth-order valence-electron chi connectivity index (χ4n) is 1.65. The van der Waals surface area contributed by atoms with Crippen molar-refractivity contribution in [1.82, 2.24) is 0 Å². The van der Waals surface area contributed by atoms with Crippen LogP contribution in [0.2, 0.25) is 0 Å². The number of nitrogens with two attached hydrogens (primary N) is 1. The van der Waals surface area contributed by atoms with Crippen LogP contribution in [0.25, 0.3) is 0 Å². The second-order valence-corrected chi connectivity index (χ2v) is 5.14. The molecular weight excluding hydrogens is 212 g/mol. The molecule has 0 saturated carbocycles. The Bertz CT molecular complexity index is 344. The molecule has 1 aromatic rings. The Hall–Kier alpha value is -1.22. The number of hydrogen-bond donors (Lipinski definition) is 1. The van der Waals surface area contributed by atoms with E-state index in [0.29, 0.717) is 0 Å². The highest BCUT2D eigenvalue weighted by Gasteiger charge is 2.11. The first-order chi connectivity index (χ1) is 7.92. The average Bonchev–Trinajstić information content (AvgIpc) is 2.23. The van der Waals surface area contributed by atoms with E-state index in [1.807, 2.05) is 18.2 Å². The lowest BCUT2D eigenvalue weighted by molar-refractivity contribution is 0.00142. The van der Waals surface area contributed by atoms with Crippen molar-refractivity contribution in [3.05, 3.63) is 24.3 Å². The van der Waals surface area contributed by atoms with Crippen molar-refractivity contribution < 1.29 is 4.74 Å². The molecule has 0 aliphatic rings. The number of benzene rings is 1. The van der Waals surface area contributed by atoms with Crippen molar-refractivity contribution in [3.8, 4) is 0 Å². The molecule has 0 atom stereocenters. The van der Waals surface area contributed by atoms with E-state index in [2.05, 4.69) is 38.7 Å². The lowest BCUT2D eigenvalue weighted by atomic mass is 10.2. The smallest absolute Gasteiger partial charge is 0.0648 e. The number of anilines is 2. The summed E-state index contributed by atoms with van der Waals surface area (Å²) in [7, 11) is 0. The third kappa shape index (κ3) is 5.09. The average molecular weight is 236 g/mol.